The second-order valence-electron chi connectivity index (χ2n) is 7.62. The van der Waals surface area contributed by atoms with Crippen LogP contribution in [0.4, 0.5) is 0 Å². The van der Waals surface area contributed by atoms with Crippen LogP contribution in [0.2, 0.25) is 10.0 Å². The lowest BCUT2D eigenvalue weighted by Crippen LogP contribution is -2.43. The highest BCUT2D eigenvalue weighted by Gasteiger charge is 2.35. The molecule has 1 saturated heterocycles. The fourth-order valence-corrected chi connectivity index (χ4v) is 4.45. The van der Waals surface area contributed by atoms with Gasteiger partial charge in [-0.05, 0) is 41.0 Å². The number of Topliss-reactive ketones (excluding diaryl/α,β-unsaturated/α-hetero) is 1. The quantitative estimate of drug-likeness (QED) is 0.425. The lowest BCUT2D eigenvalue weighted by Gasteiger charge is -2.36. The van der Waals surface area contributed by atoms with Crippen LogP contribution in [-0.2, 0) is 11.3 Å². The minimum Gasteiger partial charge on any atom is -0.299 e. The first kappa shape index (κ1) is 22.8. The minimum absolute atomic E-state index is 0. The third-order valence-electron chi connectivity index (χ3n) is 5.65. The Morgan fingerprint density at radius 3 is 1.90 bits per heavy atom. The van der Waals surface area contributed by atoms with Crippen molar-refractivity contribution in [2.75, 3.05) is 13.1 Å². The lowest BCUT2D eigenvalue weighted by atomic mass is 9.76. The molecule has 0 bridgehead atoms. The molecule has 3 aromatic carbocycles. The van der Waals surface area contributed by atoms with E-state index in [1.807, 2.05) is 54.6 Å². The molecule has 0 radical (unpaired) electrons. The van der Waals surface area contributed by atoms with Gasteiger partial charge in [-0.15, -0.1) is 12.4 Å². The summed E-state index contributed by atoms with van der Waals surface area (Å²) in [5.41, 5.74) is 3.49. The number of rotatable bonds is 5. The van der Waals surface area contributed by atoms with E-state index in [-0.39, 0.29) is 24.2 Å². The van der Waals surface area contributed by atoms with Crippen LogP contribution in [0.15, 0.2) is 78.9 Å². The highest BCUT2D eigenvalue weighted by atomic mass is 35.5. The summed E-state index contributed by atoms with van der Waals surface area (Å²) >= 11 is 12.2. The molecule has 3 aromatic rings. The number of nitrogens with zero attached hydrogens (tertiary/aromatic N) is 1. The van der Waals surface area contributed by atoms with Gasteiger partial charge in [0.1, 0.15) is 5.78 Å². The Bertz CT molecular complexity index is 912. The fourth-order valence-electron chi connectivity index (χ4n) is 4.20. The average Bonchev–Trinajstić information content (AvgIpc) is 2.74. The summed E-state index contributed by atoms with van der Waals surface area (Å²) in [7, 11) is 0. The van der Waals surface area contributed by atoms with Crippen LogP contribution < -0.4 is 0 Å². The van der Waals surface area contributed by atoms with Gasteiger partial charge in [-0.3, -0.25) is 9.69 Å². The number of halogens is 3. The molecule has 0 spiro atoms. The van der Waals surface area contributed by atoms with E-state index in [4.69, 9.17) is 23.2 Å². The van der Waals surface area contributed by atoms with Gasteiger partial charge in [0.25, 0.3) is 0 Å². The van der Waals surface area contributed by atoms with Gasteiger partial charge >= 0.3 is 0 Å². The number of ketones is 1. The SMILES string of the molecule is Cl.O=C1CCN(Cc2ccccc2)CC1C(c1ccc(Cl)cc1)c1ccc(Cl)cc1. The first-order valence-electron chi connectivity index (χ1n) is 9.90. The van der Waals surface area contributed by atoms with Crippen molar-refractivity contribution >= 4 is 41.4 Å². The molecule has 2 nitrogen and oxygen atoms in total. The van der Waals surface area contributed by atoms with E-state index in [1.165, 1.54) is 5.56 Å². The van der Waals surface area contributed by atoms with Crippen molar-refractivity contribution in [1.29, 1.82) is 0 Å². The Morgan fingerprint density at radius 1 is 0.833 bits per heavy atom. The Kier molecular flexibility index (Phi) is 7.96. The second-order valence-corrected chi connectivity index (χ2v) is 8.50. The second kappa shape index (κ2) is 10.5. The fraction of sp³-hybridized carbons (Fsp3) is 0.240. The Hall–Kier alpha value is -1.84. The van der Waals surface area contributed by atoms with Crippen LogP contribution in [-0.4, -0.2) is 23.8 Å². The summed E-state index contributed by atoms with van der Waals surface area (Å²) in [5.74, 6) is 0.203. The zero-order valence-corrected chi connectivity index (χ0v) is 18.8. The van der Waals surface area contributed by atoms with Gasteiger partial charge < -0.3 is 0 Å². The molecule has 0 amide bonds. The number of hydrogen-bond acceptors (Lipinski definition) is 2. The Balaban J connectivity index is 0.00000256. The topological polar surface area (TPSA) is 20.3 Å². The van der Waals surface area contributed by atoms with Crippen molar-refractivity contribution in [2.24, 2.45) is 5.92 Å². The maximum Gasteiger partial charge on any atom is 0.139 e. The van der Waals surface area contributed by atoms with Crippen LogP contribution in [0.5, 0.6) is 0 Å². The van der Waals surface area contributed by atoms with E-state index in [2.05, 4.69) is 29.2 Å². The number of benzene rings is 3. The summed E-state index contributed by atoms with van der Waals surface area (Å²) in [5, 5.41) is 1.40. The highest BCUT2D eigenvalue weighted by Crippen LogP contribution is 2.37. The highest BCUT2D eigenvalue weighted by molar-refractivity contribution is 6.30. The molecule has 30 heavy (non-hydrogen) atoms. The maximum atomic E-state index is 13.0. The number of carbonyl (C=O) groups excluding carboxylic acids is 1. The number of likely N-dealkylation sites (tertiary alicyclic amines) is 1. The van der Waals surface area contributed by atoms with Gasteiger partial charge in [-0.2, -0.15) is 0 Å². The minimum atomic E-state index is -0.102. The first-order chi connectivity index (χ1) is 14.1. The summed E-state index contributed by atoms with van der Waals surface area (Å²) in [6.07, 6.45) is 0.579. The van der Waals surface area contributed by atoms with Crippen molar-refractivity contribution in [3.63, 3.8) is 0 Å². The van der Waals surface area contributed by atoms with Gasteiger partial charge in [0.05, 0.1) is 0 Å². The summed E-state index contributed by atoms with van der Waals surface area (Å²) in [6.45, 7) is 2.40. The predicted octanol–water partition coefficient (Wildman–Crippen LogP) is 6.64. The van der Waals surface area contributed by atoms with Crippen molar-refractivity contribution in [3.05, 3.63) is 106 Å². The van der Waals surface area contributed by atoms with Crippen LogP contribution in [0.3, 0.4) is 0 Å². The largest absolute Gasteiger partial charge is 0.299 e. The van der Waals surface area contributed by atoms with Crippen LogP contribution in [0.25, 0.3) is 0 Å². The van der Waals surface area contributed by atoms with E-state index in [1.54, 1.807) is 0 Å². The van der Waals surface area contributed by atoms with Crippen molar-refractivity contribution in [2.45, 2.75) is 18.9 Å². The molecule has 0 saturated carbocycles. The van der Waals surface area contributed by atoms with Crippen molar-refractivity contribution < 1.29 is 4.79 Å². The third-order valence-corrected chi connectivity index (χ3v) is 6.16. The third kappa shape index (κ3) is 5.44. The van der Waals surface area contributed by atoms with Gasteiger partial charge in [0.15, 0.2) is 0 Å². The molecule has 0 N–H and O–H groups in total. The van der Waals surface area contributed by atoms with E-state index in [0.29, 0.717) is 22.2 Å². The van der Waals surface area contributed by atoms with Gasteiger partial charge in [-0.1, -0.05) is 77.8 Å². The number of hydrogen-bond donors (Lipinski definition) is 0. The summed E-state index contributed by atoms with van der Waals surface area (Å²) in [6, 6.07) is 26.2. The molecule has 1 unspecified atom stereocenters. The van der Waals surface area contributed by atoms with Crippen molar-refractivity contribution in [1.82, 2.24) is 4.90 Å². The van der Waals surface area contributed by atoms with Crippen molar-refractivity contribution in [3.8, 4) is 0 Å². The molecular weight excluding hydrogens is 437 g/mol. The molecule has 1 aliphatic heterocycles. The van der Waals surface area contributed by atoms with Gasteiger partial charge in [0, 0.05) is 47.9 Å². The molecule has 1 heterocycles. The zero-order chi connectivity index (χ0) is 20.2. The maximum absolute atomic E-state index is 13.0. The molecule has 156 valence electrons. The normalized spacial score (nSPS) is 17.0. The van der Waals surface area contributed by atoms with Gasteiger partial charge in [-0.25, -0.2) is 0 Å². The number of carbonyl (C=O) groups is 1. The zero-order valence-electron chi connectivity index (χ0n) is 16.5. The molecule has 1 atom stereocenters. The molecule has 5 heteroatoms. The Labute approximate surface area is 194 Å². The first-order valence-corrected chi connectivity index (χ1v) is 10.7. The summed E-state index contributed by atoms with van der Waals surface area (Å²) < 4.78 is 0. The molecule has 1 aliphatic rings. The van der Waals surface area contributed by atoms with Gasteiger partial charge in [0.2, 0.25) is 0 Å². The molecule has 1 fully saturated rings. The standard InChI is InChI=1S/C25H23Cl2NO.ClH/c26-21-10-6-19(7-11-21)25(20-8-12-22(27)13-9-20)23-17-28(15-14-24(23)29)16-18-4-2-1-3-5-18;/h1-13,23,25H,14-17H2;1H. The molecular formula is C25H24Cl3NO. The summed E-state index contributed by atoms with van der Waals surface area (Å²) in [4.78, 5) is 15.4. The monoisotopic (exact) mass is 459 g/mol. The van der Waals surface area contributed by atoms with E-state index in [0.717, 1.165) is 30.8 Å². The Morgan fingerprint density at radius 2 is 1.37 bits per heavy atom. The van der Waals surface area contributed by atoms with Crippen LogP contribution in [0.1, 0.15) is 29.0 Å². The molecule has 0 aliphatic carbocycles. The smallest absolute Gasteiger partial charge is 0.139 e. The molecule has 0 aromatic heterocycles. The van der Waals surface area contributed by atoms with Crippen LogP contribution in [0, 0.1) is 5.92 Å². The van der Waals surface area contributed by atoms with E-state index < -0.39 is 0 Å². The predicted molar refractivity (Wildman–Crippen MR) is 127 cm³/mol. The molecule has 4 rings (SSSR count). The van der Waals surface area contributed by atoms with E-state index in [9.17, 15) is 4.79 Å². The lowest BCUT2D eigenvalue weighted by molar-refractivity contribution is -0.126. The van der Waals surface area contributed by atoms with Crippen LogP contribution >= 0.6 is 35.6 Å². The van der Waals surface area contributed by atoms with E-state index >= 15 is 0 Å². The average molecular weight is 461 g/mol. The number of piperidine rings is 1.